The molecule has 128 valence electrons. The highest BCUT2D eigenvalue weighted by molar-refractivity contribution is 6.30. The summed E-state index contributed by atoms with van der Waals surface area (Å²) in [6, 6.07) is 4.28. The molecule has 1 rings (SSSR count). The summed E-state index contributed by atoms with van der Waals surface area (Å²) in [5.74, 6) is 0. The molecule has 0 bridgehead atoms. The third-order valence-corrected chi connectivity index (χ3v) is 3.51. The van der Waals surface area contributed by atoms with Gasteiger partial charge in [0, 0.05) is 35.2 Å². The first kappa shape index (κ1) is 19.2. The number of amides is 1. The monoisotopic (exact) mass is 343 g/mol. The quantitative estimate of drug-likeness (QED) is 0.631. The van der Waals surface area contributed by atoms with Crippen molar-refractivity contribution in [3.63, 3.8) is 0 Å². The number of halogens is 1. The maximum Gasteiger partial charge on any atom is 0.407 e. The molecule has 3 N–H and O–H groups in total. The van der Waals surface area contributed by atoms with E-state index in [9.17, 15) is 14.9 Å². The number of rotatable bonds is 5. The molecule has 0 heterocycles. The minimum atomic E-state index is -0.857. The summed E-state index contributed by atoms with van der Waals surface area (Å²) < 4.78 is 5.16. The van der Waals surface area contributed by atoms with Crippen LogP contribution in [0, 0.1) is 10.1 Å². The van der Waals surface area contributed by atoms with E-state index in [0.29, 0.717) is 10.6 Å². The van der Waals surface area contributed by atoms with E-state index in [1.165, 1.54) is 18.2 Å². The Morgan fingerprint density at radius 2 is 2.00 bits per heavy atom. The molecule has 7 nitrogen and oxygen atoms in total. The summed E-state index contributed by atoms with van der Waals surface area (Å²) >= 11 is 5.96. The van der Waals surface area contributed by atoms with Crippen LogP contribution in [0.4, 0.5) is 10.5 Å². The Morgan fingerprint density at radius 3 is 2.48 bits per heavy atom. The highest BCUT2D eigenvalue weighted by Gasteiger charge is 2.33. The molecule has 1 unspecified atom stereocenters. The van der Waals surface area contributed by atoms with Crippen molar-refractivity contribution in [1.29, 1.82) is 0 Å². The second kappa shape index (κ2) is 7.14. The van der Waals surface area contributed by atoms with Crippen LogP contribution in [-0.4, -0.2) is 29.7 Å². The molecule has 8 heteroatoms. The topological polar surface area (TPSA) is 107 Å². The highest BCUT2D eigenvalue weighted by Crippen LogP contribution is 2.33. The van der Waals surface area contributed by atoms with Gasteiger partial charge in [-0.25, -0.2) is 4.79 Å². The summed E-state index contributed by atoms with van der Waals surface area (Å²) in [6.45, 7) is 7.14. The molecule has 0 aliphatic heterocycles. The van der Waals surface area contributed by atoms with Crippen LogP contribution in [-0.2, 0) is 10.2 Å². The van der Waals surface area contributed by atoms with Crippen LogP contribution >= 0.6 is 11.6 Å². The van der Waals surface area contributed by atoms with Crippen LogP contribution in [0.25, 0.3) is 0 Å². The predicted octanol–water partition coefficient (Wildman–Crippen LogP) is 2.99. The van der Waals surface area contributed by atoms with Crippen molar-refractivity contribution < 1.29 is 14.5 Å². The van der Waals surface area contributed by atoms with Crippen molar-refractivity contribution in [2.24, 2.45) is 5.73 Å². The minimum absolute atomic E-state index is 0.0829. The van der Waals surface area contributed by atoms with Gasteiger partial charge in [0.1, 0.15) is 5.60 Å². The lowest BCUT2D eigenvalue weighted by atomic mass is 9.81. The fourth-order valence-corrected chi connectivity index (χ4v) is 2.18. The highest BCUT2D eigenvalue weighted by atomic mass is 35.5. The standard InChI is InChI=1S/C15H22ClN3O4/c1-14(2,3)23-13(20)18-9-15(4,8-17)11-7-10(16)5-6-12(11)19(21)22/h5-7H,8-9,17H2,1-4H3,(H,18,20). The summed E-state index contributed by atoms with van der Waals surface area (Å²) in [4.78, 5) is 22.5. The van der Waals surface area contributed by atoms with Crippen molar-refractivity contribution in [3.8, 4) is 0 Å². The number of nitrogens with one attached hydrogen (secondary N) is 1. The number of nitro groups is 1. The third-order valence-electron chi connectivity index (χ3n) is 3.28. The Morgan fingerprint density at radius 1 is 1.39 bits per heavy atom. The Kier molecular flexibility index (Phi) is 5.96. The SMILES string of the molecule is CC(C)(C)OC(=O)NCC(C)(CN)c1cc(Cl)ccc1[N+](=O)[O-]. The lowest BCUT2D eigenvalue weighted by molar-refractivity contribution is -0.386. The zero-order valence-electron chi connectivity index (χ0n) is 13.7. The molecule has 0 aromatic heterocycles. The second-order valence-electron chi connectivity index (χ2n) is 6.54. The van der Waals surface area contributed by atoms with Crippen LogP contribution in [0.1, 0.15) is 33.3 Å². The number of benzene rings is 1. The van der Waals surface area contributed by atoms with Crippen molar-refractivity contribution in [3.05, 3.63) is 38.9 Å². The van der Waals surface area contributed by atoms with E-state index >= 15 is 0 Å². The zero-order chi connectivity index (χ0) is 17.8. The lowest BCUT2D eigenvalue weighted by Gasteiger charge is -2.29. The Hall–Kier alpha value is -1.86. The summed E-state index contributed by atoms with van der Waals surface area (Å²) in [6.07, 6.45) is -0.609. The first-order valence-corrected chi connectivity index (χ1v) is 7.48. The van der Waals surface area contributed by atoms with Gasteiger partial charge in [-0.3, -0.25) is 10.1 Å². The van der Waals surface area contributed by atoms with E-state index in [1.54, 1.807) is 27.7 Å². The molecule has 1 atom stereocenters. The lowest BCUT2D eigenvalue weighted by Crippen LogP contribution is -2.45. The molecule has 0 saturated heterocycles. The van der Waals surface area contributed by atoms with Gasteiger partial charge in [0.15, 0.2) is 0 Å². The summed E-state index contributed by atoms with van der Waals surface area (Å²) in [5, 5.41) is 14.2. The number of ether oxygens (including phenoxy) is 1. The van der Waals surface area contributed by atoms with Crippen LogP contribution in [0.3, 0.4) is 0 Å². The largest absolute Gasteiger partial charge is 0.444 e. The van der Waals surface area contributed by atoms with E-state index in [2.05, 4.69) is 5.32 Å². The molecular formula is C15H22ClN3O4. The maximum absolute atomic E-state index is 11.8. The zero-order valence-corrected chi connectivity index (χ0v) is 14.4. The predicted molar refractivity (Wildman–Crippen MR) is 88.7 cm³/mol. The van der Waals surface area contributed by atoms with Crippen LogP contribution in [0.15, 0.2) is 18.2 Å². The second-order valence-corrected chi connectivity index (χ2v) is 6.98. The van der Waals surface area contributed by atoms with Crippen LogP contribution in [0.5, 0.6) is 0 Å². The van der Waals surface area contributed by atoms with E-state index in [4.69, 9.17) is 22.1 Å². The van der Waals surface area contributed by atoms with Crippen molar-refractivity contribution in [1.82, 2.24) is 5.32 Å². The molecule has 0 radical (unpaired) electrons. The molecule has 1 aromatic rings. The van der Waals surface area contributed by atoms with E-state index < -0.39 is 22.0 Å². The number of nitro benzene ring substituents is 1. The Labute approximate surface area is 140 Å². The molecule has 1 aromatic carbocycles. The van der Waals surface area contributed by atoms with Gasteiger partial charge in [-0.1, -0.05) is 18.5 Å². The number of nitrogens with two attached hydrogens (primary N) is 1. The summed E-state index contributed by atoms with van der Waals surface area (Å²) in [5.41, 5.74) is 4.60. The normalized spacial score (nSPS) is 14.0. The van der Waals surface area contributed by atoms with Gasteiger partial charge in [-0.15, -0.1) is 0 Å². The van der Waals surface area contributed by atoms with Crippen molar-refractivity contribution in [2.75, 3.05) is 13.1 Å². The van der Waals surface area contributed by atoms with Gasteiger partial charge >= 0.3 is 6.09 Å². The van der Waals surface area contributed by atoms with Gasteiger partial charge < -0.3 is 15.8 Å². The fraction of sp³-hybridized carbons (Fsp3) is 0.533. The number of nitrogens with zero attached hydrogens (tertiary/aromatic N) is 1. The molecular weight excluding hydrogens is 322 g/mol. The number of hydrogen-bond donors (Lipinski definition) is 2. The summed E-state index contributed by atoms with van der Waals surface area (Å²) in [7, 11) is 0. The van der Waals surface area contributed by atoms with E-state index in [0.717, 1.165) is 0 Å². The molecule has 1 amide bonds. The first-order chi connectivity index (χ1) is 10.5. The smallest absolute Gasteiger partial charge is 0.407 e. The molecule has 0 aliphatic carbocycles. The molecule has 0 spiro atoms. The van der Waals surface area contributed by atoms with Gasteiger partial charge in [-0.05, 0) is 32.9 Å². The van der Waals surface area contributed by atoms with Crippen molar-refractivity contribution in [2.45, 2.75) is 38.7 Å². The van der Waals surface area contributed by atoms with Gasteiger partial charge in [0.25, 0.3) is 5.69 Å². The third kappa shape index (κ3) is 5.37. The fourth-order valence-electron chi connectivity index (χ4n) is 2.01. The molecule has 23 heavy (non-hydrogen) atoms. The minimum Gasteiger partial charge on any atom is -0.444 e. The molecule has 0 fully saturated rings. The maximum atomic E-state index is 11.8. The average molecular weight is 344 g/mol. The Bertz CT molecular complexity index is 601. The van der Waals surface area contributed by atoms with Crippen molar-refractivity contribution >= 4 is 23.4 Å². The van der Waals surface area contributed by atoms with Gasteiger partial charge in [-0.2, -0.15) is 0 Å². The van der Waals surface area contributed by atoms with E-state index in [1.807, 2.05) is 0 Å². The molecule has 0 aliphatic rings. The van der Waals surface area contributed by atoms with Gasteiger partial charge in [0.2, 0.25) is 0 Å². The van der Waals surface area contributed by atoms with Gasteiger partial charge in [0.05, 0.1) is 4.92 Å². The van der Waals surface area contributed by atoms with Crippen LogP contribution < -0.4 is 11.1 Å². The number of carbonyl (C=O) groups is 1. The van der Waals surface area contributed by atoms with Crippen LogP contribution in [0.2, 0.25) is 5.02 Å². The average Bonchev–Trinajstić information content (AvgIpc) is 2.42. The Balaban J connectivity index is 3.04. The molecule has 0 saturated carbocycles. The van der Waals surface area contributed by atoms with E-state index in [-0.39, 0.29) is 18.8 Å². The number of alkyl carbamates (subject to hydrolysis) is 1. The number of hydrogen-bond acceptors (Lipinski definition) is 5. The first-order valence-electron chi connectivity index (χ1n) is 7.10. The number of carbonyl (C=O) groups excluding carboxylic acids is 1.